The molecule has 1 saturated heterocycles. The van der Waals surface area contributed by atoms with Gasteiger partial charge in [-0.2, -0.15) is 0 Å². The van der Waals surface area contributed by atoms with Gasteiger partial charge in [-0.25, -0.2) is 24.1 Å². The van der Waals surface area contributed by atoms with E-state index in [-0.39, 0.29) is 12.6 Å². The van der Waals surface area contributed by atoms with Gasteiger partial charge in [0.1, 0.15) is 23.8 Å². The van der Waals surface area contributed by atoms with Crippen molar-refractivity contribution in [1.29, 1.82) is 0 Å². The zero-order chi connectivity index (χ0) is 20.4. The molecule has 0 radical (unpaired) electrons. The first-order valence-electron chi connectivity index (χ1n) is 9.35. The summed E-state index contributed by atoms with van der Waals surface area (Å²) in [6, 6.07) is 4.63. The number of imidazole rings is 1. The van der Waals surface area contributed by atoms with E-state index in [0.29, 0.717) is 17.1 Å². The summed E-state index contributed by atoms with van der Waals surface area (Å²) in [6.07, 6.45) is 3.28. The Hall–Kier alpha value is -3.43. The number of fused-ring (bicyclic) bond motifs is 1. The molecule has 0 saturated carbocycles. The molecule has 0 bridgehead atoms. The van der Waals surface area contributed by atoms with Crippen molar-refractivity contribution in [3.63, 3.8) is 0 Å². The molecular formula is C19H21FN6O3. The maximum Gasteiger partial charge on any atom is 0.404 e. The van der Waals surface area contributed by atoms with Crippen molar-refractivity contribution in [2.24, 2.45) is 0 Å². The Kier molecular flexibility index (Phi) is 5.15. The molecule has 0 aromatic carbocycles. The molecule has 10 heteroatoms. The minimum Gasteiger partial charge on any atom is -0.475 e. The highest BCUT2D eigenvalue weighted by Crippen LogP contribution is 2.39. The number of anilines is 1. The fourth-order valence-corrected chi connectivity index (χ4v) is 3.60. The topological polar surface area (TPSA) is 116 Å². The van der Waals surface area contributed by atoms with Crippen LogP contribution in [-0.4, -0.2) is 50.3 Å². The quantitative estimate of drug-likeness (QED) is 0.582. The van der Waals surface area contributed by atoms with Crippen LogP contribution in [0.15, 0.2) is 30.7 Å². The zero-order valence-corrected chi connectivity index (χ0v) is 15.8. The molecule has 3 N–H and O–H groups in total. The molecule has 0 aliphatic carbocycles. The lowest BCUT2D eigenvalue weighted by atomic mass is 10.1. The number of pyridine rings is 2. The van der Waals surface area contributed by atoms with Gasteiger partial charge in [0.25, 0.3) is 0 Å². The number of rotatable bonds is 6. The van der Waals surface area contributed by atoms with Crippen LogP contribution in [0.4, 0.5) is 15.0 Å². The van der Waals surface area contributed by atoms with Gasteiger partial charge < -0.3 is 25.0 Å². The molecule has 1 amide bonds. The van der Waals surface area contributed by atoms with Gasteiger partial charge in [0, 0.05) is 12.1 Å². The summed E-state index contributed by atoms with van der Waals surface area (Å²) in [4.78, 5) is 28.8. The Labute approximate surface area is 165 Å². The number of amides is 1. The average molecular weight is 400 g/mol. The molecule has 2 atom stereocenters. The van der Waals surface area contributed by atoms with Crippen LogP contribution >= 0.6 is 0 Å². The number of aromatic amines is 1. The smallest absolute Gasteiger partial charge is 0.404 e. The van der Waals surface area contributed by atoms with Crippen molar-refractivity contribution in [3.8, 4) is 5.88 Å². The highest BCUT2D eigenvalue weighted by Gasteiger charge is 2.31. The summed E-state index contributed by atoms with van der Waals surface area (Å²) in [5, 5.41) is 11.1. The lowest BCUT2D eigenvalue weighted by molar-refractivity contribution is 0.182. The predicted molar refractivity (Wildman–Crippen MR) is 104 cm³/mol. The summed E-state index contributed by atoms with van der Waals surface area (Å²) in [6.45, 7) is 2.54. The largest absolute Gasteiger partial charge is 0.475 e. The molecule has 3 aromatic rings. The highest BCUT2D eigenvalue weighted by atomic mass is 19.1. The Morgan fingerprint density at radius 3 is 3.17 bits per heavy atom. The molecule has 3 aromatic heterocycles. The van der Waals surface area contributed by atoms with E-state index >= 15 is 0 Å². The molecule has 1 aliphatic rings. The Morgan fingerprint density at radius 1 is 1.48 bits per heavy atom. The van der Waals surface area contributed by atoms with Crippen LogP contribution in [0, 0.1) is 5.82 Å². The normalized spacial score (nSPS) is 17.4. The van der Waals surface area contributed by atoms with Crippen molar-refractivity contribution in [3.05, 3.63) is 42.1 Å². The monoisotopic (exact) mass is 400 g/mol. The third-order valence-electron chi connectivity index (χ3n) is 4.86. The van der Waals surface area contributed by atoms with E-state index in [0.717, 1.165) is 36.9 Å². The zero-order valence-electron chi connectivity index (χ0n) is 15.8. The number of nitrogens with zero attached hydrogens (tertiary/aromatic N) is 4. The maximum atomic E-state index is 14.0. The molecule has 1 unspecified atom stereocenters. The van der Waals surface area contributed by atoms with Crippen molar-refractivity contribution >= 4 is 23.1 Å². The summed E-state index contributed by atoms with van der Waals surface area (Å²) in [5.74, 6) is 0.609. The van der Waals surface area contributed by atoms with Gasteiger partial charge in [-0.15, -0.1) is 0 Å². The standard InChI is InChI=1S/C19H21FN6O3/c1-11(24-19(27)28)9-29-18-13(7-12(20)8-21-18)15-3-2-6-26(15)16-5-4-14-17(25-16)23-10-22-14/h4-5,7-8,10-11,15,24H,2-3,6,9H2,1H3,(H,27,28)(H,22,23,25)/t11-,15?/m0/s1. The second-order valence-electron chi connectivity index (χ2n) is 7.00. The van der Waals surface area contributed by atoms with Crippen LogP contribution in [0.5, 0.6) is 5.88 Å². The van der Waals surface area contributed by atoms with Gasteiger partial charge >= 0.3 is 6.09 Å². The van der Waals surface area contributed by atoms with E-state index in [9.17, 15) is 9.18 Å². The number of carboxylic acid groups (broad SMARTS) is 1. The minimum atomic E-state index is -1.13. The summed E-state index contributed by atoms with van der Waals surface area (Å²) >= 11 is 0. The molecule has 152 valence electrons. The van der Waals surface area contributed by atoms with E-state index < -0.39 is 18.0 Å². The minimum absolute atomic E-state index is 0.0863. The molecule has 0 spiro atoms. The van der Waals surface area contributed by atoms with Crippen LogP contribution in [0.2, 0.25) is 0 Å². The van der Waals surface area contributed by atoms with Gasteiger partial charge in [-0.3, -0.25) is 0 Å². The first-order valence-corrected chi connectivity index (χ1v) is 9.35. The van der Waals surface area contributed by atoms with E-state index in [4.69, 9.17) is 9.84 Å². The van der Waals surface area contributed by atoms with Gasteiger partial charge in [0.15, 0.2) is 5.65 Å². The van der Waals surface area contributed by atoms with E-state index in [1.165, 1.54) is 6.07 Å². The summed E-state index contributed by atoms with van der Waals surface area (Å²) < 4.78 is 19.8. The molecule has 1 aliphatic heterocycles. The first-order chi connectivity index (χ1) is 14.0. The van der Waals surface area contributed by atoms with Gasteiger partial charge in [0.05, 0.1) is 24.6 Å². The number of aromatic nitrogens is 4. The summed E-state index contributed by atoms with van der Waals surface area (Å²) in [7, 11) is 0. The van der Waals surface area contributed by atoms with Gasteiger partial charge in [0.2, 0.25) is 5.88 Å². The predicted octanol–water partition coefficient (Wildman–Crippen LogP) is 2.87. The number of hydrogen-bond donors (Lipinski definition) is 3. The molecule has 9 nitrogen and oxygen atoms in total. The Bertz CT molecular complexity index is 1030. The van der Waals surface area contributed by atoms with E-state index in [2.05, 4.69) is 30.2 Å². The second kappa shape index (κ2) is 7.90. The van der Waals surface area contributed by atoms with Crippen LogP contribution in [-0.2, 0) is 0 Å². The maximum absolute atomic E-state index is 14.0. The SMILES string of the molecule is C[C@@H](COc1ncc(F)cc1C1CCCN1c1ccc2nc[nH]c2n1)NC(=O)O. The van der Waals surface area contributed by atoms with E-state index in [1.807, 2.05) is 12.1 Å². The third-order valence-corrected chi connectivity index (χ3v) is 4.86. The van der Waals surface area contributed by atoms with Gasteiger partial charge in [-0.05, 0) is 38.0 Å². The molecule has 1 fully saturated rings. The van der Waals surface area contributed by atoms with Crippen molar-refractivity contribution in [1.82, 2.24) is 25.3 Å². The number of hydrogen-bond acceptors (Lipinski definition) is 6. The van der Waals surface area contributed by atoms with Crippen LogP contribution in [0.25, 0.3) is 11.2 Å². The van der Waals surface area contributed by atoms with Crippen LogP contribution in [0.3, 0.4) is 0 Å². The Morgan fingerprint density at radius 2 is 2.34 bits per heavy atom. The fourth-order valence-electron chi connectivity index (χ4n) is 3.60. The lowest BCUT2D eigenvalue weighted by Crippen LogP contribution is -2.36. The number of ether oxygens (including phenoxy) is 1. The Balaban J connectivity index is 1.60. The van der Waals surface area contributed by atoms with Crippen LogP contribution in [0.1, 0.15) is 31.4 Å². The second-order valence-corrected chi connectivity index (χ2v) is 7.00. The van der Waals surface area contributed by atoms with Crippen LogP contribution < -0.4 is 15.0 Å². The third kappa shape index (κ3) is 4.05. The summed E-state index contributed by atoms with van der Waals surface area (Å²) in [5.41, 5.74) is 2.09. The highest BCUT2D eigenvalue weighted by molar-refractivity contribution is 5.72. The number of H-pyrrole nitrogens is 1. The van der Waals surface area contributed by atoms with Gasteiger partial charge in [-0.1, -0.05) is 0 Å². The molecule has 4 heterocycles. The van der Waals surface area contributed by atoms with Crippen molar-refractivity contribution in [2.45, 2.75) is 31.8 Å². The number of nitrogens with one attached hydrogen (secondary N) is 2. The fraction of sp³-hybridized carbons (Fsp3) is 0.368. The number of carbonyl (C=O) groups is 1. The average Bonchev–Trinajstić information content (AvgIpc) is 3.35. The molecular weight excluding hydrogens is 379 g/mol. The first kappa shape index (κ1) is 18.9. The molecule has 29 heavy (non-hydrogen) atoms. The van der Waals surface area contributed by atoms with Crippen molar-refractivity contribution in [2.75, 3.05) is 18.1 Å². The molecule has 4 rings (SSSR count). The van der Waals surface area contributed by atoms with Crippen molar-refractivity contribution < 1.29 is 19.0 Å². The number of halogens is 1. The van der Waals surface area contributed by atoms with E-state index in [1.54, 1.807) is 13.3 Å². The lowest BCUT2D eigenvalue weighted by Gasteiger charge is -2.27.